The lowest BCUT2D eigenvalue weighted by Gasteiger charge is -2.26. The van der Waals surface area contributed by atoms with Gasteiger partial charge in [-0.15, -0.1) is 24.0 Å². The summed E-state index contributed by atoms with van der Waals surface area (Å²) in [5.74, 6) is 2.22. The van der Waals surface area contributed by atoms with Crippen LogP contribution < -0.4 is 10.6 Å². The number of benzene rings is 1. The number of hydrogen-bond donors (Lipinski definition) is 3. The van der Waals surface area contributed by atoms with Crippen molar-refractivity contribution < 1.29 is 9.50 Å². The van der Waals surface area contributed by atoms with Crippen LogP contribution in [0.15, 0.2) is 29.3 Å². The number of rotatable bonds is 6. The molecule has 1 aromatic carbocycles. The fraction of sp³-hybridized carbons (Fsp3) is 0.611. The second-order valence-corrected chi connectivity index (χ2v) is 8.08. The molecule has 2 rings (SSSR count). The highest BCUT2D eigenvalue weighted by molar-refractivity contribution is 14.0. The average molecular weight is 481 g/mol. The van der Waals surface area contributed by atoms with Crippen molar-refractivity contribution in [3.8, 4) is 0 Å². The van der Waals surface area contributed by atoms with Crippen molar-refractivity contribution in [1.82, 2.24) is 10.6 Å². The van der Waals surface area contributed by atoms with Gasteiger partial charge in [-0.3, -0.25) is 4.99 Å². The molecule has 1 heterocycles. The second kappa shape index (κ2) is 9.97. The molecule has 1 aliphatic rings. The highest BCUT2D eigenvalue weighted by Gasteiger charge is 2.31. The molecule has 0 amide bonds. The molecule has 0 bridgehead atoms. The maximum absolute atomic E-state index is 13.5. The van der Waals surface area contributed by atoms with Crippen LogP contribution in [0.1, 0.15) is 32.8 Å². The molecule has 0 saturated carbocycles. The van der Waals surface area contributed by atoms with Gasteiger partial charge in [0.1, 0.15) is 5.82 Å². The van der Waals surface area contributed by atoms with E-state index in [1.165, 1.54) is 6.07 Å². The molecule has 0 aliphatic carbocycles. The Balaban J connectivity index is 0.00000312. The van der Waals surface area contributed by atoms with E-state index in [2.05, 4.69) is 29.5 Å². The SMILES string of the molecule is CCNC(=NCC(C)(C)c1cccc(F)c1)NCC1(O)CCSC1.I. The molecular weight excluding hydrogens is 452 g/mol. The van der Waals surface area contributed by atoms with Crippen LogP contribution in [0.3, 0.4) is 0 Å². The number of nitrogens with one attached hydrogen (secondary N) is 2. The minimum atomic E-state index is -0.654. The predicted octanol–water partition coefficient (Wildman–Crippen LogP) is 3.14. The molecule has 1 unspecified atom stereocenters. The molecule has 142 valence electrons. The topological polar surface area (TPSA) is 56.7 Å². The molecule has 25 heavy (non-hydrogen) atoms. The summed E-state index contributed by atoms with van der Waals surface area (Å²) in [6.07, 6.45) is 0.804. The van der Waals surface area contributed by atoms with Crippen LogP contribution in [-0.4, -0.2) is 47.8 Å². The van der Waals surface area contributed by atoms with Crippen molar-refractivity contribution in [2.24, 2.45) is 4.99 Å². The van der Waals surface area contributed by atoms with E-state index in [1.807, 2.05) is 13.0 Å². The number of thioether (sulfide) groups is 1. The molecule has 0 spiro atoms. The van der Waals surface area contributed by atoms with Gasteiger partial charge in [0.05, 0.1) is 12.1 Å². The smallest absolute Gasteiger partial charge is 0.191 e. The Labute approximate surface area is 171 Å². The Hall–Kier alpha value is -0.540. The average Bonchev–Trinajstić information content (AvgIpc) is 2.97. The number of guanidine groups is 1. The Bertz CT molecular complexity index is 577. The van der Waals surface area contributed by atoms with Crippen molar-refractivity contribution >= 4 is 41.7 Å². The molecule has 1 fully saturated rings. The summed E-state index contributed by atoms with van der Waals surface area (Å²) in [4.78, 5) is 4.64. The van der Waals surface area contributed by atoms with E-state index >= 15 is 0 Å². The first kappa shape index (κ1) is 22.5. The molecular formula is C18H29FIN3OS. The molecule has 4 nitrogen and oxygen atoms in total. The van der Waals surface area contributed by atoms with E-state index in [1.54, 1.807) is 23.9 Å². The first-order valence-electron chi connectivity index (χ1n) is 8.43. The molecule has 1 aromatic rings. The van der Waals surface area contributed by atoms with Crippen LogP contribution in [0.4, 0.5) is 4.39 Å². The van der Waals surface area contributed by atoms with Gasteiger partial charge in [-0.1, -0.05) is 26.0 Å². The third kappa shape index (κ3) is 6.94. The number of aliphatic hydroxyl groups is 1. The van der Waals surface area contributed by atoms with Crippen molar-refractivity contribution in [2.45, 2.75) is 38.2 Å². The fourth-order valence-corrected chi connectivity index (χ4v) is 3.90. The summed E-state index contributed by atoms with van der Waals surface area (Å²) in [5.41, 5.74) is -0.00309. The Morgan fingerprint density at radius 2 is 2.16 bits per heavy atom. The second-order valence-electron chi connectivity index (χ2n) is 6.97. The van der Waals surface area contributed by atoms with Gasteiger partial charge < -0.3 is 15.7 Å². The Morgan fingerprint density at radius 3 is 2.76 bits per heavy atom. The van der Waals surface area contributed by atoms with Crippen molar-refractivity contribution in [3.63, 3.8) is 0 Å². The van der Waals surface area contributed by atoms with Crippen LogP contribution in [0.5, 0.6) is 0 Å². The lowest BCUT2D eigenvalue weighted by molar-refractivity contribution is 0.0724. The van der Waals surface area contributed by atoms with Crippen LogP contribution in [0.25, 0.3) is 0 Å². The number of halogens is 2. The summed E-state index contributed by atoms with van der Waals surface area (Å²) in [5, 5.41) is 16.9. The van der Waals surface area contributed by atoms with Gasteiger partial charge in [0, 0.05) is 24.3 Å². The first-order valence-corrected chi connectivity index (χ1v) is 9.58. The summed E-state index contributed by atoms with van der Waals surface area (Å²) >= 11 is 1.78. The number of hydrogen-bond acceptors (Lipinski definition) is 3. The lowest BCUT2D eigenvalue weighted by atomic mass is 9.85. The summed E-state index contributed by atoms with van der Waals surface area (Å²) in [6.45, 7) is 7.88. The van der Waals surface area contributed by atoms with E-state index in [0.29, 0.717) is 19.0 Å². The summed E-state index contributed by atoms with van der Waals surface area (Å²) < 4.78 is 13.5. The third-order valence-electron chi connectivity index (χ3n) is 4.25. The van der Waals surface area contributed by atoms with Gasteiger partial charge >= 0.3 is 0 Å². The van der Waals surface area contributed by atoms with Crippen LogP contribution in [0.2, 0.25) is 0 Å². The van der Waals surface area contributed by atoms with Gasteiger partial charge in [0.15, 0.2) is 5.96 Å². The van der Waals surface area contributed by atoms with Gasteiger partial charge in [-0.25, -0.2) is 4.39 Å². The molecule has 0 aromatic heterocycles. The van der Waals surface area contributed by atoms with E-state index in [4.69, 9.17) is 0 Å². The standard InChI is InChI=1S/C18H28FN3OS.HI/c1-4-20-16(22-12-18(23)8-9-24-13-18)21-11-17(2,3)14-6-5-7-15(19)10-14;/h5-7,10,23H,4,8-9,11-13H2,1-3H3,(H2,20,21,22);1H. The van der Waals surface area contributed by atoms with Crippen molar-refractivity contribution in [2.75, 3.05) is 31.1 Å². The van der Waals surface area contributed by atoms with Crippen LogP contribution in [0, 0.1) is 5.82 Å². The normalized spacial score (nSPS) is 20.9. The van der Waals surface area contributed by atoms with Crippen LogP contribution >= 0.6 is 35.7 Å². The van der Waals surface area contributed by atoms with Gasteiger partial charge in [0.25, 0.3) is 0 Å². The minimum absolute atomic E-state index is 0. The lowest BCUT2D eigenvalue weighted by Crippen LogP contribution is -2.47. The Kier molecular flexibility index (Phi) is 8.97. The molecule has 1 aliphatic heterocycles. The highest BCUT2D eigenvalue weighted by Crippen LogP contribution is 2.27. The number of nitrogens with zero attached hydrogens (tertiary/aromatic N) is 1. The zero-order valence-corrected chi connectivity index (χ0v) is 18.3. The summed E-state index contributed by atoms with van der Waals surface area (Å²) in [6, 6.07) is 6.67. The predicted molar refractivity (Wildman–Crippen MR) is 116 cm³/mol. The maximum Gasteiger partial charge on any atom is 0.191 e. The molecule has 1 saturated heterocycles. The van der Waals surface area contributed by atoms with Gasteiger partial charge in [0.2, 0.25) is 0 Å². The Morgan fingerprint density at radius 1 is 1.40 bits per heavy atom. The first-order chi connectivity index (χ1) is 11.3. The molecule has 7 heteroatoms. The highest BCUT2D eigenvalue weighted by atomic mass is 127. The zero-order valence-electron chi connectivity index (χ0n) is 15.1. The molecule has 1 atom stereocenters. The molecule has 3 N–H and O–H groups in total. The van der Waals surface area contributed by atoms with Crippen LogP contribution in [-0.2, 0) is 5.41 Å². The minimum Gasteiger partial charge on any atom is -0.387 e. The van der Waals surface area contributed by atoms with E-state index in [0.717, 1.165) is 30.0 Å². The largest absolute Gasteiger partial charge is 0.387 e. The quantitative estimate of drug-likeness (QED) is 0.332. The van der Waals surface area contributed by atoms with E-state index in [9.17, 15) is 9.50 Å². The van der Waals surface area contributed by atoms with Gasteiger partial charge in [-0.05, 0) is 36.8 Å². The van der Waals surface area contributed by atoms with E-state index in [-0.39, 0.29) is 35.2 Å². The zero-order chi connectivity index (χ0) is 17.6. The maximum atomic E-state index is 13.5. The van der Waals surface area contributed by atoms with Crippen molar-refractivity contribution in [1.29, 1.82) is 0 Å². The monoisotopic (exact) mass is 481 g/mol. The number of aliphatic imine (C=N–C) groups is 1. The molecule has 0 radical (unpaired) electrons. The third-order valence-corrected chi connectivity index (χ3v) is 5.48. The summed E-state index contributed by atoms with van der Waals surface area (Å²) in [7, 11) is 0. The van der Waals surface area contributed by atoms with Gasteiger partial charge in [-0.2, -0.15) is 11.8 Å². The van der Waals surface area contributed by atoms with Crippen molar-refractivity contribution in [3.05, 3.63) is 35.6 Å². The van der Waals surface area contributed by atoms with E-state index < -0.39 is 5.60 Å². The fourth-order valence-electron chi connectivity index (χ4n) is 2.60.